The van der Waals surface area contributed by atoms with Gasteiger partial charge < -0.3 is 11.1 Å². The van der Waals surface area contributed by atoms with Gasteiger partial charge in [0.25, 0.3) is 5.91 Å². The lowest BCUT2D eigenvalue weighted by atomic mass is 10.2. The lowest BCUT2D eigenvalue weighted by Crippen LogP contribution is -2.43. The summed E-state index contributed by atoms with van der Waals surface area (Å²) < 4.78 is 0. The van der Waals surface area contributed by atoms with Crippen LogP contribution in [0.25, 0.3) is 0 Å². The van der Waals surface area contributed by atoms with E-state index in [2.05, 4.69) is 5.32 Å². The zero-order valence-corrected chi connectivity index (χ0v) is 12.9. The molecule has 122 valence electrons. The van der Waals surface area contributed by atoms with Crippen LogP contribution in [0.2, 0.25) is 0 Å². The summed E-state index contributed by atoms with van der Waals surface area (Å²) in [4.78, 5) is 49.2. The minimum atomic E-state index is -0.702. The Morgan fingerprint density at radius 1 is 1.22 bits per heavy atom. The maximum absolute atomic E-state index is 12.4. The molecule has 0 bridgehead atoms. The molecule has 1 heterocycles. The lowest BCUT2D eigenvalue weighted by molar-refractivity contribution is -0.132. The van der Waals surface area contributed by atoms with Gasteiger partial charge in [-0.05, 0) is 26.0 Å². The highest BCUT2D eigenvalue weighted by Gasteiger charge is 2.43. The van der Waals surface area contributed by atoms with Gasteiger partial charge in [0.15, 0.2) is 0 Å². The van der Waals surface area contributed by atoms with Gasteiger partial charge in [-0.15, -0.1) is 0 Å². The molecule has 23 heavy (non-hydrogen) atoms. The van der Waals surface area contributed by atoms with Crippen molar-refractivity contribution >= 4 is 29.4 Å². The molecule has 1 aliphatic rings. The number of imide groups is 1. The molecule has 0 aromatic heterocycles. The lowest BCUT2D eigenvalue weighted by Gasteiger charge is -2.19. The molecule has 1 aromatic carbocycles. The van der Waals surface area contributed by atoms with E-state index in [-0.39, 0.29) is 6.54 Å². The van der Waals surface area contributed by atoms with E-state index in [4.69, 9.17) is 5.73 Å². The van der Waals surface area contributed by atoms with Crippen LogP contribution in [0.1, 0.15) is 12.5 Å². The number of anilines is 1. The van der Waals surface area contributed by atoms with Gasteiger partial charge in [0.05, 0.1) is 6.54 Å². The number of carbonyl (C=O) groups is 4. The number of nitrogens with two attached hydrogens (primary N) is 1. The number of nitrogens with one attached hydrogen (secondary N) is 1. The van der Waals surface area contributed by atoms with Gasteiger partial charge >= 0.3 is 6.03 Å². The molecule has 0 aliphatic carbocycles. The smallest absolute Gasteiger partial charge is 0.332 e. The number of amides is 5. The van der Waals surface area contributed by atoms with Crippen molar-refractivity contribution < 1.29 is 19.2 Å². The van der Waals surface area contributed by atoms with Crippen LogP contribution in [0.15, 0.2) is 24.3 Å². The Morgan fingerprint density at radius 2 is 1.83 bits per heavy atom. The Morgan fingerprint density at radius 3 is 2.39 bits per heavy atom. The monoisotopic (exact) mass is 318 g/mol. The van der Waals surface area contributed by atoms with Crippen molar-refractivity contribution in [1.82, 2.24) is 10.2 Å². The van der Waals surface area contributed by atoms with Gasteiger partial charge in [-0.3, -0.25) is 24.2 Å². The highest BCUT2D eigenvalue weighted by Crippen LogP contribution is 2.25. The Labute approximate surface area is 133 Å². The van der Waals surface area contributed by atoms with Crippen molar-refractivity contribution in [2.45, 2.75) is 19.9 Å². The predicted molar refractivity (Wildman–Crippen MR) is 82.4 cm³/mol. The predicted octanol–water partition coefficient (Wildman–Crippen LogP) is -0.246. The summed E-state index contributed by atoms with van der Waals surface area (Å²) in [5, 5.41) is 2.25. The molecule has 5 amide bonds. The minimum Gasteiger partial charge on any atom is -0.368 e. The Balaban J connectivity index is 2.13. The third-order valence-corrected chi connectivity index (χ3v) is 3.52. The number of hydrogen-bond acceptors (Lipinski definition) is 4. The molecule has 2 rings (SSSR count). The first kappa shape index (κ1) is 16.5. The van der Waals surface area contributed by atoms with Crippen LogP contribution in [0.4, 0.5) is 10.5 Å². The first-order valence-corrected chi connectivity index (χ1v) is 7.07. The standard InChI is InChI=1S/C15H18N4O4/c1-9-3-5-11(6-4-9)19-10(2)14(22)18(15(19)23)8-13(21)17-7-12(16)20/h3-6,10H,7-8H2,1-2H3,(H2,16,20)(H,17,21)/t10-/m0/s1. The van der Waals surface area contributed by atoms with Crippen molar-refractivity contribution in [1.29, 1.82) is 0 Å². The van der Waals surface area contributed by atoms with E-state index < -0.39 is 36.3 Å². The number of rotatable bonds is 5. The van der Waals surface area contributed by atoms with Crippen LogP contribution in [-0.2, 0) is 14.4 Å². The molecule has 8 heteroatoms. The van der Waals surface area contributed by atoms with E-state index in [1.807, 2.05) is 19.1 Å². The second kappa shape index (κ2) is 6.47. The minimum absolute atomic E-state index is 0.341. The molecule has 3 N–H and O–H groups in total. The van der Waals surface area contributed by atoms with Crippen molar-refractivity contribution in [2.24, 2.45) is 5.73 Å². The fourth-order valence-corrected chi connectivity index (χ4v) is 2.30. The highest BCUT2D eigenvalue weighted by molar-refractivity contribution is 6.15. The second-order valence-corrected chi connectivity index (χ2v) is 5.33. The zero-order valence-electron chi connectivity index (χ0n) is 12.9. The van der Waals surface area contributed by atoms with Crippen LogP contribution < -0.4 is 16.0 Å². The number of urea groups is 1. The number of aryl methyl sites for hydroxylation is 1. The summed E-state index contributed by atoms with van der Waals surface area (Å²) in [6.07, 6.45) is 0. The largest absolute Gasteiger partial charge is 0.368 e. The molecule has 1 aliphatic heterocycles. The first-order chi connectivity index (χ1) is 10.8. The molecule has 0 saturated carbocycles. The van der Waals surface area contributed by atoms with Gasteiger partial charge in [-0.1, -0.05) is 17.7 Å². The van der Waals surface area contributed by atoms with Crippen molar-refractivity contribution in [2.75, 3.05) is 18.0 Å². The van der Waals surface area contributed by atoms with Crippen molar-refractivity contribution in [3.05, 3.63) is 29.8 Å². The zero-order chi connectivity index (χ0) is 17.1. The average molecular weight is 318 g/mol. The maximum atomic E-state index is 12.4. The van der Waals surface area contributed by atoms with E-state index in [9.17, 15) is 19.2 Å². The van der Waals surface area contributed by atoms with E-state index in [0.29, 0.717) is 5.69 Å². The third-order valence-electron chi connectivity index (χ3n) is 3.52. The third kappa shape index (κ3) is 3.47. The summed E-state index contributed by atoms with van der Waals surface area (Å²) in [6, 6.07) is 5.89. The summed E-state index contributed by atoms with van der Waals surface area (Å²) in [6.45, 7) is 2.73. The number of primary amides is 1. The Kier molecular flexibility index (Phi) is 4.63. The molecule has 0 unspecified atom stereocenters. The SMILES string of the molecule is Cc1ccc(N2C(=O)N(CC(=O)NCC(N)=O)C(=O)[C@@H]2C)cc1. The summed E-state index contributed by atoms with van der Waals surface area (Å²) in [7, 11) is 0. The summed E-state index contributed by atoms with van der Waals surface area (Å²) in [5.41, 5.74) is 6.54. The highest BCUT2D eigenvalue weighted by atomic mass is 16.2. The van der Waals surface area contributed by atoms with Crippen LogP contribution >= 0.6 is 0 Å². The second-order valence-electron chi connectivity index (χ2n) is 5.33. The molecule has 1 aromatic rings. The Bertz CT molecular complexity index is 656. The first-order valence-electron chi connectivity index (χ1n) is 7.07. The molecule has 1 saturated heterocycles. The number of benzene rings is 1. The molecular formula is C15H18N4O4. The topological polar surface area (TPSA) is 113 Å². The normalized spacial score (nSPS) is 17.6. The Hall–Kier alpha value is -2.90. The van der Waals surface area contributed by atoms with Crippen LogP contribution in [0, 0.1) is 6.92 Å². The van der Waals surface area contributed by atoms with Crippen LogP contribution in [-0.4, -0.2) is 47.8 Å². The molecule has 1 atom stereocenters. The fourth-order valence-electron chi connectivity index (χ4n) is 2.30. The number of nitrogens with zero attached hydrogens (tertiary/aromatic N) is 2. The van der Waals surface area contributed by atoms with Crippen LogP contribution in [0.5, 0.6) is 0 Å². The molecular weight excluding hydrogens is 300 g/mol. The van der Waals surface area contributed by atoms with Gasteiger partial charge in [-0.2, -0.15) is 0 Å². The van der Waals surface area contributed by atoms with Gasteiger partial charge in [-0.25, -0.2) is 4.79 Å². The molecule has 0 spiro atoms. The summed E-state index contributed by atoms with van der Waals surface area (Å²) in [5.74, 6) is -1.79. The van der Waals surface area contributed by atoms with Crippen LogP contribution in [0.3, 0.4) is 0 Å². The van der Waals surface area contributed by atoms with E-state index in [0.717, 1.165) is 10.5 Å². The average Bonchev–Trinajstić information content (AvgIpc) is 2.70. The van der Waals surface area contributed by atoms with E-state index in [1.54, 1.807) is 19.1 Å². The number of hydrogen-bond donors (Lipinski definition) is 2. The van der Waals surface area contributed by atoms with Gasteiger partial charge in [0.1, 0.15) is 12.6 Å². The number of carbonyl (C=O) groups excluding carboxylic acids is 4. The molecule has 8 nitrogen and oxygen atoms in total. The van der Waals surface area contributed by atoms with Crippen molar-refractivity contribution in [3.63, 3.8) is 0 Å². The fraction of sp³-hybridized carbons (Fsp3) is 0.333. The van der Waals surface area contributed by atoms with Crippen molar-refractivity contribution in [3.8, 4) is 0 Å². The van der Waals surface area contributed by atoms with E-state index >= 15 is 0 Å². The molecule has 1 fully saturated rings. The van der Waals surface area contributed by atoms with Gasteiger partial charge in [0, 0.05) is 5.69 Å². The van der Waals surface area contributed by atoms with Gasteiger partial charge in [0.2, 0.25) is 11.8 Å². The summed E-state index contributed by atoms with van der Waals surface area (Å²) >= 11 is 0. The quantitative estimate of drug-likeness (QED) is 0.729. The molecule has 0 radical (unpaired) electrons. The van der Waals surface area contributed by atoms with E-state index in [1.165, 1.54) is 4.90 Å². The maximum Gasteiger partial charge on any atom is 0.332 e.